The largest absolute Gasteiger partial charge is 0.492 e. The zero-order valence-corrected chi connectivity index (χ0v) is 17.8. The fourth-order valence-electron chi connectivity index (χ4n) is 3.74. The van der Waals surface area contributed by atoms with Gasteiger partial charge in [0.2, 0.25) is 5.91 Å². The lowest BCUT2D eigenvalue weighted by Crippen LogP contribution is -2.39. The van der Waals surface area contributed by atoms with Crippen LogP contribution in [0.25, 0.3) is 0 Å². The van der Waals surface area contributed by atoms with Gasteiger partial charge in [-0.3, -0.25) is 4.79 Å². The van der Waals surface area contributed by atoms with Crippen LogP contribution in [-0.4, -0.2) is 43.3 Å². The van der Waals surface area contributed by atoms with Crippen LogP contribution in [-0.2, 0) is 11.2 Å². The van der Waals surface area contributed by atoms with E-state index in [0.717, 1.165) is 35.6 Å². The lowest BCUT2D eigenvalue weighted by molar-refractivity contribution is -0.119. The molecule has 0 spiro atoms. The van der Waals surface area contributed by atoms with E-state index in [-0.39, 0.29) is 11.8 Å². The molecule has 0 radical (unpaired) electrons. The van der Waals surface area contributed by atoms with E-state index in [9.17, 15) is 4.79 Å². The Kier molecular flexibility index (Phi) is 5.61. The second-order valence-electron chi connectivity index (χ2n) is 8.05. The van der Waals surface area contributed by atoms with Crippen LogP contribution in [0.3, 0.4) is 0 Å². The number of likely N-dealkylation sites (N-methyl/N-ethyl adjacent to an activating group) is 1. The van der Waals surface area contributed by atoms with E-state index in [4.69, 9.17) is 21.4 Å². The topological polar surface area (TPSA) is 45.1 Å². The van der Waals surface area contributed by atoms with Crippen LogP contribution in [0.1, 0.15) is 30.9 Å². The third-order valence-corrected chi connectivity index (χ3v) is 6.05. The zero-order chi connectivity index (χ0) is 20.5. The van der Waals surface area contributed by atoms with Crippen LogP contribution in [0.2, 0.25) is 5.02 Å². The summed E-state index contributed by atoms with van der Waals surface area (Å²) in [5.41, 5.74) is 4.04. The molecule has 2 aromatic rings. The SMILES string of the molecule is CC(COc1ccc(N2N=C3c4cc(Cl)ccc4CCC3CC2=O)cc1)N(C)C. The monoisotopic (exact) mass is 411 g/mol. The molecule has 0 saturated heterocycles. The van der Waals surface area contributed by atoms with Crippen LogP contribution >= 0.6 is 11.6 Å². The number of amides is 1. The molecule has 2 unspecified atom stereocenters. The highest BCUT2D eigenvalue weighted by atomic mass is 35.5. The zero-order valence-electron chi connectivity index (χ0n) is 17.1. The maximum atomic E-state index is 12.8. The fraction of sp³-hybridized carbons (Fsp3) is 0.391. The van der Waals surface area contributed by atoms with Gasteiger partial charge in [-0.15, -0.1) is 0 Å². The smallest absolute Gasteiger partial charge is 0.248 e. The highest BCUT2D eigenvalue weighted by Gasteiger charge is 2.34. The number of ether oxygens (including phenoxy) is 1. The van der Waals surface area contributed by atoms with Crippen molar-refractivity contribution in [2.45, 2.75) is 32.2 Å². The fourth-order valence-corrected chi connectivity index (χ4v) is 3.91. The van der Waals surface area contributed by atoms with Gasteiger partial charge in [0.05, 0.1) is 11.4 Å². The van der Waals surface area contributed by atoms with Crippen molar-refractivity contribution in [3.05, 3.63) is 58.6 Å². The third-order valence-electron chi connectivity index (χ3n) is 5.82. The summed E-state index contributed by atoms with van der Waals surface area (Å²) >= 11 is 6.23. The van der Waals surface area contributed by atoms with Crippen molar-refractivity contribution in [2.24, 2.45) is 11.0 Å². The second-order valence-corrected chi connectivity index (χ2v) is 8.49. The quantitative estimate of drug-likeness (QED) is 0.733. The van der Waals surface area contributed by atoms with Crippen molar-refractivity contribution in [2.75, 3.05) is 25.7 Å². The maximum absolute atomic E-state index is 12.8. The summed E-state index contributed by atoms with van der Waals surface area (Å²) in [6.45, 7) is 2.72. The Bertz CT molecular complexity index is 940. The Labute approximate surface area is 176 Å². The molecule has 5 nitrogen and oxygen atoms in total. The van der Waals surface area contributed by atoms with Gasteiger partial charge in [-0.25, -0.2) is 5.01 Å². The van der Waals surface area contributed by atoms with Crippen molar-refractivity contribution in [1.29, 1.82) is 0 Å². The summed E-state index contributed by atoms with van der Waals surface area (Å²) in [6, 6.07) is 13.8. The number of hydrogen-bond donors (Lipinski definition) is 0. The van der Waals surface area contributed by atoms with Crippen LogP contribution in [0.15, 0.2) is 47.6 Å². The Hall–Kier alpha value is -2.37. The number of hydrogen-bond acceptors (Lipinski definition) is 4. The molecule has 0 fully saturated rings. The van der Waals surface area contributed by atoms with Crippen LogP contribution in [0.4, 0.5) is 5.69 Å². The predicted octanol–water partition coefficient (Wildman–Crippen LogP) is 4.37. The number of halogens is 1. The van der Waals surface area contributed by atoms with E-state index in [1.807, 2.05) is 50.5 Å². The summed E-state index contributed by atoms with van der Waals surface area (Å²) in [6.07, 6.45) is 2.38. The number of carbonyl (C=O) groups excluding carboxylic acids is 1. The van der Waals surface area contributed by atoms with E-state index in [1.165, 1.54) is 10.6 Å². The van der Waals surface area contributed by atoms with Crippen molar-refractivity contribution in [3.8, 4) is 5.75 Å². The number of fused-ring (bicyclic) bond motifs is 3. The lowest BCUT2D eigenvalue weighted by Gasteiger charge is -2.33. The molecule has 0 aromatic heterocycles. The number of rotatable bonds is 5. The highest BCUT2D eigenvalue weighted by molar-refractivity contribution is 6.31. The molecule has 1 aliphatic carbocycles. The Morgan fingerprint density at radius 1 is 1.24 bits per heavy atom. The van der Waals surface area contributed by atoms with Crippen molar-refractivity contribution < 1.29 is 9.53 Å². The first kappa shape index (κ1) is 19.9. The first-order valence-electron chi connectivity index (χ1n) is 10.0. The van der Waals surface area contributed by atoms with Gasteiger partial charge in [0.15, 0.2) is 0 Å². The molecule has 152 valence electrons. The number of nitrogens with zero attached hydrogens (tertiary/aromatic N) is 3. The lowest BCUT2D eigenvalue weighted by atomic mass is 9.79. The van der Waals surface area contributed by atoms with E-state index < -0.39 is 0 Å². The highest BCUT2D eigenvalue weighted by Crippen LogP contribution is 2.35. The minimum Gasteiger partial charge on any atom is -0.492 e. The Morgan fingerprint density at radius 2 is 2.00 bits per heavy atom. The molecule has 2 atom stereocenters. The van der Waals surface area contributed by atoms with Gasteiger partial charge in [-0.2, -0.15) is 5.10 Å². The molecule has 2 aliphatic rings. The van der Waals surface area contributed by atoms with E-state index in [2.05, 4.69) is 17.9 Å². The van der Waals surface area contributed by atoms with E-state index in [1.54, 1.807) is 0 Å². The summed E-state index contributed by atoms with van der Waals surface area (Å²) in [4.78, 5) is 14.9. The van der Waals surface area contributed by atoms with Gasteiger partial charge in [-0.1, -0.05) is 17.7 Å². The molecule has 0 saturated carbocycles. The second kappa shape index (κ2) is 8.17. The maximum Gasteiger partial charge on any atom is 0.248 e. The number of carbonyl (C=O) groups is 1. The molecule has 2 aromatic carbocycles. The van der Waals surface area contributed by atoms with Gasteiger partial charge in [-0.05, 0) is 75.8 Å². The minimum atomic E-state index is 0.0270. The number of benzene rings is 2. The third kappa shape index (κ3) is 4.16. The van der Waals surface area contributed by atoms with E-state index in [0.29, 0.717) is 24.1 Å². The van der Waals surface area contributed by atoms with Gasteiger partial charge in [0.1, 0.15) is 12.4 Å². The minimum absolute atomic E-state index is 0.0270. The van der Waals surface area contributed by atoms with Crippen LogP contribution in [0.5, 0.6) is 5.75 Å². The summed E-state index contributed by atoms with van der Waals surface area (Å²) in [5, 5.41) is 6.98. The first-order valence-corrected chi connectivity index (χ1v) is 10.4. The number of hydrazone groups is 1. The average Bonchev–Trinajstić information content (AvgIpc) is 2.71. The summed E-state index contributed by atoms with van der Waals surface area (Å²) < 4.78 is 5.85. The molecular formula is C23H26ClN3O2. The molecule has 6 heteroatoms. The number of anilines is 1. The van der Waals surface area contributed by atoms with Gasteiger partial charge in [0.25, 0.3) is 0 Å². The van der Waals surface area contributed by atoms with Gasteiger partial charge < -0.3 is 9.64 Å². The van der Waals surface area contributed by atoms with Gasteiger partial charge in [0, 0.05) is 29.0 Å². The molecule has 1 amide bonds. The molecule has 1 heterocycles. The molecule has 29 heavy (non-hydrogen) atoms. The average molecular weight is 412 g/mol. The summed E-state index contributed by atoms with van der Waals surface area (Å²) in [7, 11) is 4.06. The molecule has 4 rings (SSSR count). The van der Waals surface area contributed by atoms with Gasteiger partial charge >= 0.3 is 0 Å². The molecule has 0 bridgehead atoms. The van der Waals surface area contributed by atoms with Crippen molar-refractivity contribution >= 4 is 28.9 Å². The standard InChI is InChI=1S/C23H26ClN3O2/c1-15(26(2)3)14-29-20-10-8-19(9-11-20)27-22(28)12-17-5-4-16-6-7-18(24)13-21(16)23(17)25-27/h6-11,13,15,17H,4-5,12,14H2,1-3H3. The van der Waals surface area contributed by atoms with Crippen LogP contribution < -0.4 is 9.75 Å². The molecule has 1 aliphatic heterocycles. The summed E-state index contributed by atoms with van der Waals surface area (Å²) in [5.74, 6) is 0.978. The normalized spacial score (nSPS) is 19.5. The first-order chi connectivity index (χ1) is 13.9. The Morgan fingerprint density at radius 3 is 2.72 bits per heavy atom. The molecule has 0 N–H and O–H groups in total. The predicted molar refractivity (Wildman–Crippen MR) is 117 cm³/mol. The van der Waals surface area contributed by atoms with E-state index >= 15 is 0 Å². The van der Waals surface area contributed by atoms with Crippen molar-refractivity contribution in [1.82, 2.24) is 4.90 Å². The van der Waals surface area contributed by atoms with Crippen LogP contribution in [0, 0.1) is 5.92 Å². The van der Waals surface area contributed by atoms with Crippen molar-refractivity contribution in [3.63, 3.8) is 0 Å². The Balaban J connectivity index is 1.57. The molecular weight excluding hydrogens is 386 g/mol. The number of aryl methyl sites for hydroxylation is 1.